The fraction of sp³-hybridized carbons (Fsp3) is 0.143. The summed E-state index contributed by atoms with van der Waals surface area (Å²) in [5.74, 6) is -0.248. The summed E-state index contributed by atoms with van der Waals surface area (Å²) in [6.07, 6.45) is 0. The molecule has 64 valence electrons. The van der Waals surface area contributed by atoms with Gasteiger partial charge in [-0.3, -0.25) is 0 Å². The normalized spacial score (nSPS) is 7.25. The van der Waals surface area contributed by atoms with Gasteiger partial charge < -0.3 is 34.0 Å². The molecule has 0 aromatic heterocycles. The van der Waals surface area contributed by atoms with Crippen molar-refractivity contribution in [1.29, 1.82) is 0 Å². The monoisotopic (exact) mass is 326 g/mol. The van der Waals surface area contributed by atoms with Crippen molar-refractivity contribution in [1.82, 2.24) is 0 Å². The zero-order valence-electron chi connectivity index (χ0n) is 6.45. The van der Waals surface area contributed by atoms with Gasteiger partial charge in [-0.15, -0.1) is 0 Å². The van der Waals surface area contributed by atoms with E-state index in [9.17, 15) is 4.39 Å². The molecule has 0 spiro atoms. The summed E-state index contributed by atoms with van der Waals surface area (Å²) in [5, 5.41) is 0.443. The Hall–Kier alpha value is 1.17. The molecule has 0 amide bonds. The molecule has 0 unspecified atom stereocenters. The van der Waals surface area contributed by atoms with Gasteiger partial charge in [-0.25, -0.2) is 4.39 Å². The van der Waals surface area contributed by atoms with Crippen LogP contribution in [0.3, 0.4) is 0 Å². The van der Waals surface area contributed by atoms with E-state index in [1.165, 1.54) is 6.07 Å². The molecule has 0 N–H and O–H groups in total. The first-order valence-corrected chi connectivity index (χ1v) is 2.99. The van der Waals surface area contributed by atoms with Crippen molar-refractivity contribution >= 4 is 34.7 Å². The molecule has 0 aliphatic carbocycles. The molecule has 0 saturated carbocycles. The van der Waals surface area contributed by atoms with Crippen LogP contribution in [0.1, 0.15) is 5.56 Å². The van der Waals surface area contributed by atoms with Gasteiger partial charge in [0, 0.05) is 5.02 Å². The van der Waals surface area contributed by atoms with Crippen molar-refractivity contribution in [2.75, 3.05) is 0 Å². The molecule has 0 radical (unpaired) electrons. The van der Waals surface area contributed by atoms with E-state index in [1.54, 1.807) is 19.1 Å². The minimum Gasteiger partial charge on any atom is -1.00 e. The smallest absolute Gasteiger partial charge is 1.00 e. The Kier molecular flexibility index (Phi) is 13.8. The van der Waals surface area contributed by atoms with Gasteiger partial charge in [0.2, 0.25) is 0 Å². The fourth-order valence-electron chi connectivity index (χ4n) is 0.567. The van der Waals surface area contributed by atoms with Crippen molar-refractivity contribution in [2.24, 2.45) is 0 Å². The molecular weight excluding hydrogens is 323 g/mol. The molecular formula is C7H6Br2ClFMg. The van der Waals surface area contributed by atoms with Crippen LogP contribution in [0.2, 0.25) is 5.02 Å². The van der Waals surface area contributed by atoms with E-state index >= 15 is 0 Å². The Bertz CT molecular complexity index is 233. The van der Waals surface area contributed by atoms with E-state index in [4.69, 9.17) is 11.6 Å². The molecule has 0 nitrogen and oxygen atoms in total. The van der Waals surface area contributed by atoms with Crippen LogP contribution in [-0.2, 0) is 0 Å². The second kappa shape index (κ2) is 8.75. The summed E-state index contributed by atoms with van der Waals surface area (Å²) in [6, 6.07) is 4.62. The Balaban J connectivity index is -0.000000270. The summed E-state index contributed by atoms with van der Waals surface area (Å²) in [5.41, 5.74) is 0.624. The third kappa shape index (κ3) is 5.75. The first kappa shape index (κ1) is 18.9. The number of rotatable bonds is 0. The van der Waals surface area contributed by atoms with Crippen LogP contribution in [0.4, 0.5) is 4.39 Å². The predicted molar refractivity (Wildman–Crippen MR) is 41.9 cm³/mol. The number of hydrogen-bond acceptors (Lipinski definition) is 0. The number of aryl methyl sites for hydroxylation is 1. The van der Waals surface area contributed by atoms with Crippen molar-refractivity contribution in [3.05, 3.63) is 34.6 Å². The van der Waals surface area contributed by atoms with E-state index in [1.807, 2.05) is 0 Å². The van der Waals surface area contributed by atoms with Crippen molar-refractivity contribution in [2.45, 2.75) is 6.92 Å². The maximum Gasteiger partial charge on any atom is 2.00 e. The molecule has 1 aromatic carbocycles. The van der Waals surface area contributed by atoms with Crippen LogP contribution in [0.15, 0.2) is 18.2 Å². The van der Waals surface area contributed by atoms with Crippen LogP contribution < -0.4 is 34.0 Å². The minimum atomic E-state index is -0.248. The SMILES string of the molecule is Cc1ccc(Cl)cc1F.[Br-].[Br-].[Mg+2]. The topological polar surface area (TPSA) is 0 Å². The number of halogens is 4. The molecule has 0 heterocycles. The minimum absolute atomic E-state index is 0. The van der Waals surface area contributed by atoms with Crippen LogP contribution >= 0.6 is 11.6 Å². The van der Waals surface area contributed by atoms with Crippen LogP contribution in [0.25, 0.3) is 0 Å². The van der Waals surface area contributed by atoms with Gasteiger partial charge in [-0.2, -0.15) is 0 Å². The van der Waals surface area contributed by atoms with E-state index in [-0.39, 0.29) is 62.8 Å². The molecule has 0 fully saturated rings. The van der Waals surface area contributed by atoms with E-state index < -0.39 is 0 Å². The second-order valence-corrected chi connectivity index (χ2v) is 2.33. The maximum absolute atomic E-state index is 12.5. The quantitative estimate of drug-likeness (QED) is 0.432. The van der Waals surface area contributed by atoms with E-state index in [0.717, 1.165) is 0 Å². The Labute approximate surface area is 114 Å². The van der Waals surface area contributed by atoms with Gasteiger partial charge in [-0.05, 0) is 24.6 Å². The average molecular weight is 329 g/mol. The summed E-state index contributed by atoms with van der Waals surface area (Å²) in [7, 11) is 0. The molecule has 0 aliphatic heterocycles. The molecule has 5 heteroatoms. The third-order valence-electron chi connectivity index (χ3n) is 1.13. The predicted octanol–water partition coefficient (Wildman–Crippen LogP) is -3.59. The summed E-state index contributed by atoms with van der Waals surface area (Å²) in [6.45, 7) is 1.70. The first-order chi connectivity index (χ1) is 4.20. The van der Waals surface area contributed by atoms with Gasteiger partial charge in [-0.1, -0.05) is 17.7 Å². The standard InChI is InChI=1S/C7H6ClF.2BrH.Mg/c1-5-2-3-6(8)4-7(5)9;;;/h2-4H,1H3;2*1H;/q;;;+2/p-2. The summed E-state index contributed by atoms with van der Waals surface area (Å²) >= 11 is 5.48. The molecule has 1 aromatic rings. The summed E-state index contributed by atoms with van der Waals surface area (Å²) < 4.78 is 12.5. The zero-order valence-corrected chi connectivity index (χ0v) is 11.8. The van der Waals surface area contributed by atoms with Crippen molar-refractivity contribution in [3.63, 3.8) is 0 Å². The average Bonchev–Trinajstić information content (AvgIpc) is 1.80. The van der Waals surface area contributed by atoms with Crippen LogP contribution in [-0.4, -0.2) is 23.1 Å². The largest absolute Gasteiger partial charge is 2.00 e. The van der Waals surface area contributed by atoms with Gasteiger partial charge in [0.15, 0.2) is 0 Å². The van der Waals surface area contributed by atoms with Crippen LogP contribution in [0, 0.1) is 12.7 Å². The number of benzene rings is 1. The Morgan fingerprint density at radius 1 is 1.25 bits per heavy atom. The van der Waals surface area contributed by atoms with Gasteiger partial charge in [0.05, 0.1) is 0 Å². The Morgan fingerprint density at radius 3 is 2.08 bits per heavy atom. The molecule has 0 saturated heterocycles. The molecule has 0 aliphatic rings. The zero-order chi connectivity index (χ0) is 6.85. The van der Waals surface area contributed by atoms with Crippen molar-refractivity contribution in [3.8, 4) is 0 Å². The second-order valence-electron chi connectivity index (χ2n) is 1.89. The molecule has 0 bridgehead atoms. The van der Waals surface area contributed by atoms with Gasteiger partial charge in [0.1, 0.15) is 5.82 Å². The van der Waals surface area contributed by atoms with Gasteiger partial charge in [0.25, 0.3) is 0 Å². The van der Waals surface area contributed by atoms with E-state index in [0.29, 0.717) is 10.6 Å². The van der Waals surface area contributed by atoms with Crippen LogP contribution in [0.5, 0.6) is 0 Å². The third-order valence-corrected chi connectivity index (χ3v) is 1.37. The molecule has 12 heavy (non-hydrogen) atoms. The molecule has 0 atom stereocenters. The van der Waals surface area contributed by atoms with E-state index in [2.05, 4.69) is 0 Å². The first-order valence-electron chi connectivity index (χ1n) is 2.62. The number of hydrogen-bond donors (Lipinski definition) is 0. The summed E-state index contributed by atoms with van der Waals surface area (Å²) in [4.78, 5) is 0. The Morgan fingerprint density at radius 2 is 1.75 bits per heavy atom. The maximum atomic E-state index is 12.5. The van der Waals surface area contributed by atoms with Gasteiger partial charge >= 0.3 is 23.1 Å². The van der Waals surface area contributed by atoms with Crippen molar-refractivity contribution < 1.29 is 38.4 Å². The molecule has 1 rings (SSSR count). The fourth-order valence-corrected chi connectivity index (χ4v) is 0.726.